The summed E-state index contributed by atoms with van der Waals surface area (Å²) in [6, 6.07) is -1.61. The van der Waals surface area contributed by atoms with Crippen molar-refractivity contribution >= 4 is 54.6 Å². The maximum atomic E-state index is 12.5. The molecular formula is C14H27Cl2N9O3. The number of carbonyl (C=O) groups excluding carboxylic acids is 3. The monoisotopic (exact) mass is 439 g/mol. The molecule has 0 radical (unpaired) electrons. The molecule has 4 amide bonds. The van der Waals surface area contributed by atoms with Gasteiger partial charge in [-0.2, -0.15) is 0 Å². The van der Waals surface area contributed by atoms with Crippen molar-refractivity contribution < 1.29 is 14.4 Å². The van der Waals surface area contributed by atoms with Gasteiger partial charge >= 0.3 is 6.03 Å². The Hall–Kier alpha value is -2.31. The number of halogens is 2. The van der Waals surface area contributed by atoms with Crippen LogP contribution in [0.3, 0.4) is 0 Å². The van der Waals surface area contributed by atoms with E-state index < -0.39 is 23.5 Å². The predicted molar refractivity (Wildman–Crippen MR) is 109 cm³/mol. The summed E-state index contributed by atoms with van der Waals surface area (Å²) in [7, 11) is 1.52. The van der Waals surface area contributed by atoms with Crippen LogP contribution in [-0.2, 0) is 9.59 Å². The molecule has 10 N–H and O–H groups in total. The molecule has 0 aromatic rings. The molecule has 1 saturated carbocycles. The minimum atomic E-state index is -0.836. The van der Waals surface area contributed by atoms with Crippen molar-refractivity contribution in [2.75, 3.05) is 20.1 Å². The Bertz CT molecular complexity index is 668. The summed E-state index contributed by atoms with van der Waals surface area (Å²) >= 11 is 0. The second kappa shape index (κ2) is 10.3. The molecule has 1 unspecified atom stereocenters. The van der Waals surface area contributed by atoms with Crippen LogP contribution in [0.2, 0.25) is 0 Å². The van der Waals surface area contributed by atoms with E-state index in [9.17, 15) is 14.4 Å². The number of aliphatic imine (C=N–C) groups is 2. The van der Waals surface area contributed by atoms with Crippen LogP contribution in [0.25, 0.3) is 0 Å². The van der Waals surface area contributed by atoms with Crippen molar-refractivity contribution in [3.63, 3.8) is 0 Å². The van der Waals surface area contributed by atoms with Gasteiger partial charge in [0.15, 0.2) is 5.96 Å². The first-order valence-electron chi connectivity index (χ1n) is 8.14. The zero-order valence-corrected chi connectivity index (χ0v) is 17.0. The van der Waals surface area contributed by atoms with E-state index in [0.29, 0.717) is 19.4 Å². The molecule has 0 aromatic carbocycles. The van der Waals surface area contributed by atoms with Gasteiger partial charge in [0.2, 0.25) is 11.9 Å². The molecule has 2 aliphatic rings. The van der Waals surface area contributed by atoms with Gasteiger partial charge in [-0.15, -0.1) is 24.8 Å². The van der Waals surface area contributed by atoms with Crippen molar-refractivity contribution in [1.82, 2.24) is 15.5 Å². The predicted octanol–water partition coefficient (Wildman–Crippen LogP) is -2.42. The fourth-order valence-electron chi connectivity index (χ4n) is 2.92. The number of amides is 4. The Morgan fingerprint density at radius 3 is 2.54 bits per heavy atom. The molecule has 2 rings (SSSR count). The molecule has 28 heavy (non-hydrogen) atoms. The number of urea groups is 1. The molecule has 160 valence electrons. The lowest BCUT2D eigenvalue weighted by atomic mass is 10.1. The number of hydrogen-bond donors (Lipinski definition) is 6. The number of hydrogen-bond acceptors (Lipinski definition) is 6. The van der Waals surface area contributed by atoms with E-state index in [-0.39, 0.29) is 61.5 Å². The van der Waals surface area contributed by atoms with Gasteiger partial charge in [0.25, 0.3) is 5.91 Å². The van der Waals surface area contributed by atoms with Gasteiger partial charge in [-0.3, -0.25) is 25.2 Å². The average Bonchev–Trinajstić information content (AvgIpc) is 3.15. The zero-order valence-electron chi connectivity index (χ0n) is 15.4. The Morgan fingerprint density at radius 1 is 1.36 bits per heavy atom. The van der Waals surface area contributed by atoms with Crippen LogP contribution in [0.1, 0.15) is 19.3 Å². The average molecular weight is 440 g/mol. The highest BCUT2D eigenvalue weighted by molar-refractivity contribution is 6.07. The number of nitrogens with zero attached hydrogens (tertiary/aromatic N) is 3. The van der Waals surface area contributed by atoms with E-state index in [1.54, 1.807) is 0 Å². The van der Waals surface area contributed by atoms with Gasteiger partial charge in [-0.25, -0.2) is 9.79 Å². The van der Waals surface area contributed by atoms with Gasteiger partial charge in [0.1, 0.15) is 6.04 Å². The number of carbonyl (C=O) groups is 3. The van der Waals surface area contributed by atoms with Gasteiger partial charge in [0, 0.05) is 25.6 Å². The minimum absolute atomic E-state index is 0. The van der Waals surface area contributed by atoms with Crippen LogP contribution < -0.4 is 33.6 Å². The SMILES string of the molecule is CN(C(=O)C[C@@]1(N)C[C@H]1CCN=C(N)N)C1CN=C(NC(N)=O)NC1=O.Cl.Cl. The van der Waals surface area contributed by atoms with Crippen LogP contribution in [0.15, 0.2) is 9.98 Å². The molecule has 0 spiro atoms. The summed E-state index contributed by atoms with van der Waals surface area (Å²) in [6.45, 7) is 0.487. The summed E-state index contributed by atoms with van der Waals surface area (Å²) in [4.78, 5) is 44.6. The maximum Gasteiger partial charge on any atom is 0.318 e. The van der Waals surface area contributed by atoms with E-state index in [2.05, 4.69) is 20.6 Å². The van der Waals surface area contributed by atoms with Crippen molar-refractivity contribution in [2.45, 2.75) is 30.8 Å². The molecule has 14 heteroatoms. The standard InChI is InChI=1S/C14H25N9O3.2ClH/c1-23(8-6-20-13(21-10(8)25)22-12(17)26)9(24)5-14(18)4-7(14)2-3-19-11(15)16;;/h7-8H,2-6,18H2,1H3,(H4,15,16,19)(H4,17,20,21,22,25,26);2*1H/t7-,8?,14+;;/m1../s1. The zero-order chi connectivity index (χ0) is 19.5. The first-order chi connectivity index (χ1) is 12.1. The molecule has 3 atom stereocenters. The second-order valence-electron chi connectivity index (χ2n) is 6.59. The summed E-state index contributed by atoms with van der Waals surface area (Å²) in [6.07, 6.45) is 1.52. The minimum Gasteiger partial charge on any atom is -0.370 e. The fourth-order valence-corrected chi connectivity index (χ4v) is 2.92. The summed E-state index contributed by atoms with van der Waals surface area (Å²) in [5, 5.41) is 4.58. The van der Waals surface area contributed by atoms with E-state index in [0.717, 1.165) is 0 Å². The van der Waals surface area contributed by atoms with E-state index in [1.165, 1.54) is 11.9 Å². The van der Waals surface area contributed by atoms with Crippen molar-refractivity contribution in [3.05, 3.63) is 0 Å². The third kappa shape index (κ3) is 6.69. The lowest BCUT2D eigenvalue weighted by Crippen LogP contribution is -2.58. The van der Waals surface area contributed by atoms with Crippen molar-refractivity contribution in [2.24, 2.45) is 38.8 Å². The van der Waals surface area contributed by atoms with Crippen LogP contribution in [0.5, 0.6) is 0 Å². The molecule has 0 bridgehead atoms. The lowest BCUT2D eigenvalue weighted by molar-refractivity contribution is -0.138. The molecular weight excluding hydrogens is 413 g/mol. The summed E-state index contributed by atoms with van der Waals surface area (Å²) in [5.41, 5.74) is 21.2. The first kappa shape index (κ1) is 25.7. The molecule has 1 aliphatic heterocycles. The maximum absolute atomic E-state index is 12.5. The van der Waals surface area contributed by atoms with Crippen LogP contribution >= 0.6 is 24.8 Å². The number of nitrogens with one attached hydrogen (secondary N) is 2. The smallest absolute Gasteiger partial charge is 0.318 e. The van der Waals surface area contributed by atoms with E-state index in [1.807, 2.05) is 0 Å². The van der Waals surface area contributed by atoms with Gasteiger partial charge in [-0.05, 0) is 18.8 Å². The van der Waals surface area contributed by atoms with Gasteiger partial charge < -0.3 is 27.8 Å². The van der Waals surface area contributed by atoms with Crippen molar-refractivity contribution in [1.29, 1.82) is 0 Å². The van der Waals surface area contributed by atoms with Crippen LogP contribution in [0, 0.1) is 5.92 Å². The lowest BCUT2D eigenvalue weighted by Gasteiger charge is -2.30. The number of guanidine groups is 2. The molecule has 1 aliphatic carbocycles. The first-order valence-corrected chi connectivity index (χ1v) is 8.14. The van der Waals surface area contributed by atoms with E-state index in [4.69, 9.17) is 22.9 Å². The second-order valence-corrected chi connectivity index (χ2v) is 6.59. The molecule has 0 aromatic heterocycles. The van der Waals surface area contributed by atoms with Crippen LogP contribution in [-0.4, -0.2) is 66.4 Å². The topological polar surface area (TPSA) is 207 Å². The Morgan fingerprint density at radius 2 is 2.00 bits per heavy atom. The largest absolute Gasteiger partial charge is 0.370 e. The number of rotatable bonds is 6. The molecule has 1 fully saturated rings. The Kier molecular flexibility index (Phi) is 9.44. The number of primary amides is 1. The Balaban J connectivity index is 0.00000364. The van der Waals surface area contributed by atoms with Crippen molar-refractivity contribution in [3.8, 4) is 0 Å². The van der Waals surface area contributed by atoms with E-state index >= 15 is 0 Å². The highest BCUT2D eigenvalue weighted by Gasteiger charge is 2.52. The number of likely N-dealkylation sites (N-methyl/N-ethyl adjacent to an activating group) is 1. The van der Waals surface area contributed by atoms with Crippen LogP contribution in [0.4, 0.5) is 4.79 Å². The quantitative estimate of drug-likeness (QED) is 0.195. The highest BCUT2D eigenvalue weighted by atomic mass is 35.5. The summed E-state index contributed by atoms with van der Waals surface area (Å²) < 4.78 is 0. The third-order valence-electron chi connectivity index (χ3n) is 4.60. The van der Waals surface area contributed by atoms with Gasteiger partial charge in [-0.1, -0.05) is 0 Å². The Labute approximate surface area is 174 Å². The molecule has 1 heterocycles. The highest BCUT2D eigenvalue weighted by Crippen LogP contribution is 2.46. The third-order valence-corrected chi connectivity index (χ3v) is 4.60. The number of nitrogens with two attached hydrogens (primary N) is 4. The fraction of sp³-hybridized carbons (Fsp3) is 0.643. The summed E-state index contributed by atoms with van der Waals surface area (Å²) in [5.74, 6) is -0.549. The molecule has 12 nitrogen and oxygen atoms in total. The van der Waals surface area contributed by atoms with Gasteiger partial charge in [0.05, 0.1) is 6.54 Å². The molecule has 0 saturated heterocycles. The normalized spacial score (nSPS) is 25.1.